The van der Waals surface area contributed by atoms with Crippen LogP contribution in [0.1, 0.15) is 17.4 Å². The Morgan fingerprint density at radius 3 is 2.88 bits per heavy atom. The number of carbonyl (C=O) groups is 1. The van der Waals surface area contributed by atoms with E-state index in [9.17, 15) is 4.79 Å². The number of amides is 2. The third kappa shape index (κ3) is 3.28. The molecule has 3 aromatic heterocycles. The van der Waals surface area contributed by atoms with Gasteiger partial charge in [0.05, 0.1) is 28.6 Å². The molecule has 0 saturated carbocycles. The number of rotatable bonds is 4. The van der Waals surface area contributed by atoms with Crippen molar-refractivity contribution in [2.24, 2.45) is 4.99 Å². The van der Waals surface area contributed by atoms with E-state index in [1.54, 1.807) is 15.9 Å². The lowest BCUT2D eigenvalue weighted by atomic mass is 10.1. The van der Waals surface area contributed by atoms with Gasteiger partial charge in [-0.2, -0.15) is 0 Å². The second-order valence-electron chi connectivity index (χ2n) is 7.77. The lowest BCUT2D eigenvalue weighted by molar-refractivity contribution is 0.252. The monoisotopic (exact) mass is 437 g/mol. The van der Waals surface area contributed by atoms with Crippen LogP contribution < -0.4 is 10.2 Å². The number of fused-ring (bicyclic) bond motifs is 2. The third-order valence-corrected chi connectivity index (χ3v) is 5.64. The fourth-order valence-electron chi connectivity index (χ4n) is 4.10. The highest BCUT2D eigenvalue weighted by molar-refractivity contribution is 6.16. The van der Waals surface area contributed by atoms with Crippen molar-refractivity contribution in [1.82, 2.24) is 35.3 Å². The average molecular weight is 437 g/mol. The van der Waals surface area contributed by atoms with E-state index in [0.717, 1.165) is 33.5 Å². The molecule has 1 aliphatic rings. The number of aromatic amines is 1. The number of hydrogen-bond acceptors (Lipinski definition) is 6. The van der Waals surface area contributed by atoms with Gasteiger partial charge in [-0.05, 0) is 49.4 Å². The van der Waals surface area contributed by atoms with Crippen molar-refractivity contribution in [2.45, 2.75) is 19.6 Å². The minimum Gasteiger partial charge on any atom is -0.345 e. The van der Waals surface area contributed by atoms with Crippen molar-refractivity contribution in [3.63, 3.8) is 0 Å². The molecular weight excluding hydrogens is 418 g/mol. The zero-order chi connectivity index (χ0) is 22.4. The molecule has 1 aliphatic heterocycles. The van der Waals surface area contributed by atoms with E-state index in [4.69, 9.17) is 9.98 Å². The summed E-state index contributed by atoms with van der Waals surface area (Å²) in [5.41, 5.74) is 5.63. The minimum absolute atomic E-state index is 0.214. The molecule has 5 aromatic rings. The summed E-state index contributed by atoms with van der Waals surface area (Å²) in [5.74, 6) is 0.502. The summed E-state index contributed by atoms with van der Waals surface area (Å²) in [6.07, 6.45) is 1.63. The predicted octanol–water partition coefficient (Wildman–Crippen LogP) is 3.34. The van der Waals surface area contributed by atoms with Crippen LogP contribution in [0.3, 0.4) is 0 Å². The number of aryl methyl sites for hydroxylation is 1. The second kappa shape index (κ2) is 7.52. The Bertz CT molecular complexity index is 1530. The van der Waals surface area contributed by atoms with E-state index >= 15 is 0 Å². The molecule has 6 rings (SSSR count). The SMILES string of the molecule is Cc1cccc(C2C(=NCn3nnc4ccccc43)NC(=O)N2c2ccc3nc[nH]c3c2)n1. The van der Waals surface area contributed by atoms with E-state index in [2.05, 4.69) is 25.6 Å². The van der Waals surface area contributed by atoms with Crippen molar-refractivity contribution < 1.29 is 4.79 Å². The molecule has 10 heteroatoms. The number of carbonyl (C=O) groups excluding carboxylic acids is 1. The number of urea groups is 1. The number of amidine groups is 1. The summed E-state index contributed by atoms with van der Waals surface area (Å²) in [5, 5.41) is 11.3. The summed E-state index contributed by atoms with van der Waals surface area (Å²) >= 11 is 0. The van der Waals surface area contributed by atoms with Gasteiger partial charge in [0.25, 0.3) is 0 Å². The number of para-hydroxylation sites is 1. The molecule has 10 nitrogen and oxygen atoms in total. The topological polar surface area (TPSA) is 117 Å². The number of imidazole rings is 1. The first-order valence-corrected chi connectivity index (χ1v) is 10.5. The van der Waals surface area contributed by atoms with Gasteiger partial charge in [-0.3, -0.25) is 15.2 Å². The fourth-order valence-corrected chi connectivity index (χ4v) is 4.10. The van der Waals surface area contributed by atoms with Gasteiger partial charge in [0.15, 0.2) is 0 Å². The van der Waals surface area contributed by atoms with E-state index in [0.29, 0.717) is 11.5 Å². The van der Waals surface area contributed by atoms with Crippen LogP contribution in [0.2, 0.25) is 0 Å². The highest BCUT2D eigenvalue weighted by Gasteiger charge is 2.40. The van der Waals surface area contributed by atoms with Gasteiger partial charge in [-0.15, -0.1) is 5.10 Å². The highest BCUT2D eigenvalue weighted by Crippen LogP contribution is 2.32. The zero-order valence-corrected chi connectivity index (χ0v) is 17.7. The standard InChI is InChI=1S/C23H19N9O/c1-14-5-4-7-18(27-14)21-22(26-13-31-20-8-3-2-6-17(20)29-30-31)28-23(33)32(21)15-9-10-16-19(11-15)25-12-24-16/h2-12,21H,13H2,1H3,(H,24,25)(H,26,28,33). The normalized spacial score (nSPS) is 17.4. The van der Waals surface area contributed by atoms with Crippen molar-refractivity contribution in [3.05, 3.63) is 78.4 Å². The van der Waals surface area contributed by atoms with Crippen molar-refractivity contribution in [2.75, 3.05) is 4.90 Å². The number of H-pyrrole nitrogens is 1. The van der Waals surface area contributed by atoms with Crippen LogP contribution >= 0.6 is 0 Å². The highest BCUT2D eigenvalue weighted by atomic mass is 16.2. The first-order chi connectivity index (χ1) is 16.2. The maximum Gasteiger partial charge on any atom is 0.328 e. The average Bonchev–Trinajstić information content (AvgIpc) is 3.54. The van der Waals surface area contributed by atoms with Crippen molar-refractivity contribution in [1.29, 1.82) is 0 Å². The number of aliphatic imine (C=N–C) groups is 1. The molecule has 2 amide bonds. The quantitative estimate of drug-likeness (QED) is 0.447. The minimum atomic E-state index is -0.507. The first-order valence-electron chi connectivity index (χ1n) is 10.5. The molecule has 1 atom stereocenters. The number of nitrogens with zero attached hydrogens (tertiary/aromatic N) is 7. The number of aromatic nitrogens is 6. The Morgan fingerprint density at radius 2 is 1.97 bits per heavy atom. The molecule has 0 aliphatic carbocycles. The summed E-state index contributed by atoms with van der Waals surface area (Å²) in [4.78, 5) is 31.6. The summed E-state index contributed by atoms with van der Waals surface area (Å²) in [7, 11) is 0. The van der Waals surface area contributed by atoms with Crippen LogP contribution in [0.15, 0.2) is 72.0 Å². The van der Waals surface area contributed by atoms with Crippen LogP contribution in [0.5, 0.6) is 0 Å². The third-order valence-electron chi connectivity index (χ3n) is 5.64. The number of benzene rings is 2. The van der Waals surface area contributed by atoms with Crippen LogP contribution in [0.4, 0.5) is 10.5 Å². The Morgan fingerprint density at radius 1 is 1.06 bits per heavy atom. The van der Waals surface area contributed by atoms with E-state index in [-0.39, 0.29) is 12.7 Å². The van der Waals surface area contributed by atoms with Gasteiger partial charge in [0, 0.05) is 11.4 Å². The molecule has 2 N–H and O–H groups in total. The zero-order valence-electron chi connectivity index (χ0n) is 17.7. The maximum absolute atomic E-state index is 13.1. The molecule has 1 saturated heterocycles. The van der Waals surface area contributed by atoms with Crippen LogP contribution in [-0.4, -0.2) is 41.8 Å². The smallest absolute Gasteiger partial charge is 0.328 e. The van der Waals surface area contributed by atoms with Crippen LogP contribution in [0, 0.1) is 6.92 Å². The van der Waals surface area contributed by atoms with Crippen molar-refractivity contribution in [3.8, 4) is 0 Å². The Labute approximate surface area is 188 Å². The number of anilines is 1. The molecule has 4 heterocycles. The molecule has 33 heavy (non-hydrogen) atoms. The summed E-state index contributed by atoms with van der Waals surface area (Å²) in [6.45, 7) is 2.14. The molecule has 1 unspecified atom stereocenters. The Balaban J connectivity index is 1.43. The fraction of sp³-hybridized carbons (Fsp3) is 0.130. The molecule has 2 aromatic carbocycles. The summed E-state index contributed by atoms with van der Waals surface area (Å²) < 4.78 is 1.70. The molecule has 162 valence electrons. The molecular formula is C23H19N9O. The van der Waals surface area contributed by atoms with Gasteiger partial charge in [0.2, 0.25) is 0 Å². The number of hydrogen-bond donors (Lipinski definition) is 2. The van der Waals surface area contributed by atoms with Gasteiger partial charge >= 0.3 is 6.03 Å². The van der Waals surface area contributed by atoms with Crippen LogP contribution in [-0.2, 0) is 6.67 Å². The van der Waals surface area contributed by atoms with Gasteiger partial charge in [-0.1, -0.05) is 23.4 Å². The van der Waals surface area contributed by atoms with Gasteiger partial charge < -0.3 is 4.98 Å². The largest absolute Gasteiger partial charge is 0.345 e. The maximum atomic E-state index is 13.1. The van der Waals surface area contributed by atoms with E-state index in [1.165, 1.54) is 0 Å². The van der Waals surface area contributed by atoms with Gasteiger partial charge in [0.1, 0.15) is 24.1 Å². The molecule has 1 fully saturated rings. The number of pyridine rings is 1. The van der Waals surface area contributed by atoms with Crippen LogP contribution in [0.25, 0.3) is 22.1 Å². The summed E-state index contributed by atoms with van der Waals surface area (Å²) in [6, 6.07) is 18.3. The van der Waals surface area contributed by atoms with E-state index in [1.807, 2.05) is 67.6 Å². The molecule has 0 spiro atoms. The molecule has 0 radical (unpaired) electrons. The van der Waals surface area contributed by atoms with E-state index < -0.39 is 6.04 Å². The van der Waals surface area contributed by atoms with Crippen molar-refractivity contribution >= 4 is 39.6 Å². The Kier molecular flexibility index (Phi) is 4.35. The molecule has 0 bridgehead atoms. The lowest BCUT2D eigenvalue weighted by Crippen LogP contribution is -2.30. The first kappa shape index (κ1) is 19.1. The lowest BCUT2D eigenvalue weighted by Gasteiger charge is -2.23. The second-order valence-corrected chi connectivity index (χ2v) is 7.77. The predicted molar refractivity (Wildman–Crippen MR) is 124 cm³/mol. The number of nitrogens with one attached hydrogen (secondary N) is 2. The Hall–Kier alpha value is -4.60. The van der Waals surface area contributed by atoms with Gasteiger partial charge in [-0.25, -0.2) is 19.5 Å².